The molecule has 0 aliphatic carbocycles. The molecule has 5 rings (SSSR count). The van der Waals surface area contributed by atoms with Gasteiger partial charge in [-0.25, -0.2) is 9.67 Å². The topological polar surface area (TPSA) is 30.7 Å². The van der Waals surface area contributed by atoms with Crippen LogP contribution < -0.4 is 0 Å². The SMILES string of the molecule is Cc1ccc(-c2nn(-c3ccc(C)c(Cl)c3)c3nc(-c4cccc(Br)c4)cc(C(F)(F)F)c23)cc1. The lowest BCUT2D eigenvalue weighted by atomic mass is 10.0. The van der Waals surface area contributed by atoms with Crippen LogP contribution in [0.4, 0.5) is 13.2 Å². The summed E-state index contributed by atoms with van der Waals surface area (Å²) in [5, 5.41) is 5.07. The number of nitrogens with zero attached hydrogens (tertiary/aromatic N) is 3. The predicted octanol–water partition coefficient (Wildman–Crippen LogP) is 8.81. The Bertz CT molecular complexity index is 1570. The van der Waals surface area contributed by atoms with Crippen molar-refractivity contribution >= 4 is 38.6 Å². The Morgan fingerprint density at radius 3 is 2.29 bits per heavy atom. The second-order valence-electron chi connectivity index (χ2n) is 8.32. The van der Waals surface area contributed by atoms with Gasteiger partial charge in [-0.2, -0.15) is 18.3 Å². The highest BCUT2D eigenvalue weighted by Gasteiger charge is 2.36. The molecule has 0 N–H and O–H groups in total. The van der Waals surface area contributed by atoms with Crippen molar-refractivity contribution in [3.63, 3.8) is 0 Å². The summed E-state index contributed by atoms with van der Waals surface area (Å²) in [5.41, 5.74) is 3.20. The number of hydrogen-bond donors (Lipinski definition) is 0. The molecular formula is C27H18BrClF3N3. The van der Waals surface area contributed by atoms with E-state index in [4.69, 9.17) is 11.6 Å². The minimum atomic E-state index is -4.62. The van der Waals surface area contributed by atoms with Gasteiger partial charge in [0.05, 0.1) is 22.3 Å². The molecule has 3 nitrogen and oxygen atoms in total. The van der Waals surface area contributed by atoms with Gasteiger partial charge >= 0.3 is 6.18 Å². The fourth-order valence-corrected chi connectivity index (χ4v) is 4.52. The van der Waals surface area contributed by atoms with Crippen LogP contribution in [0.5, 0.6) is 0 Å². The largest absolute Gasteiger partial charge is 0.417 e. The van der Waals surface area contributed by atoms with Crippen molar-refractivity contribution in [1.82, 2.24) is 14.8 Å². The van der Waals surface area contributed by atoms with Crippen molar-refractivity contribution < 1.29 is 13.2 Å². The Labute approximate surface area is 213 Å². The molecule has 35 heavy (non-hydrogen) atoms. The highest BCUT2D eigenvalue weighted by Crippen LogP contribution is 2.42. The third kappa shape index (κ3) is 4.46. The number of rotatable bonds is 3. The third-order valence-corrected chi connectivity index (χ3v) is 6.69. The van der Waals surface area contributed by atoms with E-state index in [0.29, 0.717) is 21.8 Å². The van der Waals surface area contributed by atoms with Gasteiger partial charge in [-0.1, -0.05) is 75.6 Å². The van der Waals surface area contributed by atoms with Gasteiger partial charge in [0.15, 0.2) is 5.65 Å². The molecule has 0 aliphatic heterocycles. The summed E-state index contributed by atoms with van der Waals surface area (Å²) in [6, 6.07) is 20.6. The minimum absolute atomic E-state index is 0.0585. The molecule has 2 heterocycles. The van der Waals surface area contributed by atoms with Crippen LogP contribution in [-0.2, 0) is 6.18 Å². The van der Waals surface area contributed by atoms with E-state index in [2.05, 4.69) is 26.0 Å². The molecule has 0 bridgehead atoms. The van der Waals surface area contributed by atoms with Crippen LogP contribution in [0.25, 0.3) is 39.2 Å². The lowest BCUT2D eigenvalue weighted by molar-refractivity contribution is -0.136. The first kappa shape index (κ1) is 23.6. The number of halogens is 5. The van der Waals surface area contributed by atoms with Gasteiger partial charge in [0.1, 0.15) is 5.69 Å². The van der Waals surface area contributed by atoms with E-state index in [1.807, 2.05) is 26.0 Å². The molecule has 0 spiro atoms. The number of aryl methyl sites for hydroxylation is 2. The third-order valence-electron chi connectivity index (χ3n) is 5.79. The zero-order chi connectivity index (χ0) is 24.9. The van der Waals surface area contributed by atoms with Crippen molar-refractivity contribution in [2.75, 3.05) is 0 Å². The molecule has 0 amide bonds. The number of alkyl halides is 3. The summed E-state index contributed by atoms with van der Waals surface area (Å²) < 4.78 is 45.6. The Morgan fingerprint density at radius 1 is 0.886 bits per heavy atom. The Kier molecular flexibility index (Phi) is 5.93. The normalized spacial score (nSPS) is 11.9. The smallest absolute Gasteiger partial charge is 0.228 e. The highest BCUT2D eigenvalue weighted by molar-refractivity contribution is 9.10. The van der Waals surface area contributed by atoms with Crippen molar-refractivity contribution in [3.8, 4) is 28.2 Å². The summed E-state index contributed by atoms with van der Waals surface area (Å²) in [6.07, 6.45) is -4.62. The Hall–Kier alpha value is -3.16. The van der Waals surface area contributed by atoms with Crippen LogP contribution >= 0.6 is 27.5 Å². The number of hydrogen-bond acceptors (Lipinski definition) is 2. The number of pyridine rings is 1. The molecule has 0 fully saturated rings. The van der Waals surface area contributed by atoms with Gasteiger partial charge in [-0.15, -0.1) is 0 Å². The van der Waals surface area contributed by atoms with Crippen LogP contribution in [0.15, 0.2) is 77.3 Å². The Balaban J connectivity index is 1.90. The van der Waals surface area contributed by atoms with Crippen LogP contribution in [0.3, 0.4) is 0 Å². The van der Waals surface area contributed by atoms with Gasteiger partial charge in [-0.05, 0) is 49.7 Å². The summed E-state index contributed by atoms with van der Waals surface area (Å²) in [6.45, 7) is 3.78. The standard InChI is InChI=1S/C27H18BrClF3N3/c1-15-6-9-17(10-7-15)25-24-21(27(30,31)32)14-23(18-4-3-5-19(28)12-18)33-26(24)35(34-25)20-11-8-16(2)22(29)13-20/h3-14H,1-2H3. The maximum Gasteiger partial charge on any atom is 0.417 e. The average molecular weight is 557 g/mol. The second-order valence-corrected chi connectivity index (χ2v) is 9.64. The number of aromatic nitrogens is 3. The summed E-state index contributed by atoms with van der Waals surface area (Å²) in [7, 11) is 0. The van der Waals surface area contributed by atoms with E-state index in [1.165, 1.54) is 4.68 Å². The summed E-state index contributed by atoms with van der Waals surface area (Å²) in [5.74, 6) is 0. The summed E-state index contributed by atoms with van der Waals surface area (Å²) >= 11 is 9.75. The van der Waals surface area contributed by atoms with Crippen molar-refractivity contribution in [2.45, 2.75) is 20.0 Å². The first-order chi connectivity index (χ1) is 16.6. The maximum absolute atomic E-state index is 14.5. The highest BCUT2D eigenvalue weighted by atomic mass is 79.9. The molecule has 0 aliphatic rings. The number of benzene rings is 3. The molecule has 0 unspecified atom stereocenters. The van der Waals surface area contributed by atoms with E-state index < -0.39 is 11.7 Å². The lowest BCUT2D eigenvalue weighted by Gasteiger charge is -2.12. The fraction of sp³-hybridized carbons (Fsp3) is 0.111. The molecule has 8 heteroatoms. The van der Waals surface area contributed by atoms with E-state index in [0.717, 1.165) is 21.7 Å². The fourth-order valence-electron chi connectivity index (χ4n) is 3.94. The van der Waals surface area contributed by atoms with Gasteiger partial charge < -0.3 is 0 Å². The van der Waals surface area contributed by atoms with Crippen molar-refractivity contribution in [2.24, 2.45) is 0 Å². The van der Waals surface area contributed by atoms with Gasteiger partial charge in [-0.3, -0.25) is 0 Å². The minimum Gasteiger partial charge on any atom is -0.228 e. The second kappa shape index (κ2) is 8.81. The van der Waals surface area contributed by atoms with Crippen LogP contribution in [0.1, 0.15) is 16.7 Å². The average Bonchev–Trinajstić information content (AvgIpc) is 3.19. The first-order valence-corrected chi connectivity index (χ1v) is 11.9. The van der Waals surface area contributed by atoms with E-state index in [-0.39, 0.29) is 22.4 Å². The van der Waals surface area contributed by atoms with Gasteiger partial charge in [0.2, 0.25) is 0 Å². The molecule has 0 radical (unpaired) electrons. The lowest BCUT2D eigenvalue weighted by Crippen LogP contribution is -2.08. The molecular weight excluding hydrogens is 539 g/mol. The summed E-state index contributed by atoms with van der Waals surface area (Å²) in [4.78, 5) is 4.69. The van der Waals surface area contributed by atoms with E-state index in [1.54, 1.807) is 54.6 Å². The molecule has 0 atom stereocenters. The molecule has 0 saturated heterocycles. The first-order valence-electron chi connectivity index (χ1n) is 10.7. The zero-order valence-corrected chi connectivity index (χ0v) is 21.0. The van der Waals surface area contributed by atoms with Crippen LogP contribution in [-0.4, -0.2) is 14.8 Å². The van der Waals surface area contributed by atoms with Crippen molar-refractivity contribution in [1.29, 1.82) is 0 Å². The van der Waals surface area contributed by atoms with Gasteiger partial charge in [0.25, 0.3) is 0 Å². The predicted molar refractivity (Wildman–Crippen MR) is 137 cm³/mol. The van der Waals surface area contributed by atoms with Crippen molar-refractivity contribution in [3.05, 3.63) is 99.0 Å². The molecule has 0 saturated carbocycles. The van der Waals surface area contributed by atoms with E-state index >= 15 is 0 Å². The monoisotopic (exact) mass is 555 g/mol. The van der Waals surface area contributed by atoms with E-state index in [9.17, 15) is 13.2 Å². The molecule has 5 aromatic rings. The number of fused-ring (bicyclic) bond motifs is 1. The quantitative estimate of drug-likeness (QED) is 0.222. The zero-order valence-electron chi connectivity index (χ0n) is 18.7. The molecule has 176 valence electrons. The maximum atomic E-state index is 14.5. The van der Waals surface area contributed by atoms with Gasteiger partial charge in [0, 0.05) is 20.6 Å². The van der Waals surface area contributed by atoms with Crippen LogP contribution in [0.2, 0.25) is 5.02 Å². The molecule has 2 aromatic heterocycles. The molecule has 3 aromatic carbocycles. The Morgan fingerprint density at radius 2 is 1.63 bits per heavy atom. The van der Waals surface area contributed by atoms with Crippen LogP contribution in [0, 0.1) is 13.8 Å².